The Morgan fingerprint density at radius 2 is 2.30 bits per heavy atom. The zero-order chi connectivity index (χ0) is 19.6. The molecule has 0 spiro atoms. The third-order valence-corrected chi connectivity index (χ3v) is 4.86. The summed E-state index contributed by atoms with van der Waals surface area (Å²) in [5, 5.41) is 12.2. The van der Waals surface area contributed by atoms with Crippen molar-refractivity contribution in [3.63, 3.8) is 0 Å². The lowest BCUT2D eigenvalue weighted by Crippen LogP contribution is -2.51. The van der Waals surface area contributed by atoms with E-state index in [0.717, 1.165) is 0 Å². The molecular weight excluding hydrogens is 348 g/mol. The molecule has 2 aromatic rings. The number of nitriles is 1. The van der Waals surface area contributed by atoms with E-state index in [0.29, 0.717) is 41.9 Å². The maximum Gasteiger partial charge on any atom is 0.320 e. The molecule has 1 fully saturated rings. The van der Waals surface area contributed by atoms with E-state index in [2.05, 4.69) is 20.3 Å². The lowest BCUT2D eigenvalue weighted by molar-refractivity contribution is 0.100. The zero-order valence-corrected chi connectivity index (χ0v) is 15.3. The van der Waals surface area contributed by atoms with E-state index >= 15 is 0 Å². The Morgan fingerprint density at radius 1 is 1.52 bits per heavy atom. The summed E-state index contributed by atoms with van der Waals surface area (Å²) in [7, 11) is 1.62. The Kier molecular flexibility index (Phi) is 5.12. The number of pyridine rings is 1. The molecule has 4 N–H and O–H groups in total. The lowest BCUT2D eigenvalue weighted by atomic mass is 9.93. The number of nitrogens with zero attached hydrogens (tertiary/aromatic N) is 5. The summed E-state index contributed by atoms with van der Waals surface area (Å²) in [5.41, 5.74) is 7.51. The third-order valence-electron chi connectivity index (χ3n) is 4.86. The van der Waals surface area contributed by atoms with Crippen molar-refractivity contribution in [2.24, 2.45) is 11.7 Å². The average Bonchev–Trinajstić information content (AvgIpc) is 3.12. The van der Waals surface area contributed by atoms with Crippen LogP contribution >= 0.6 is 0 Å². The van der Waals surface area contributed by atoms with Gasteiger partial charge in [0.1, 0.15) is 12.1 Å². The predicted octanol–water partition coefficient (Wildman–Crippen LogP) is 0.754. The van der Waals surface area contributed by atoms with Crippen molar-refractivity contribution in [3.05, 3.63) is 18.1 Å². The van der Waals surface area contributed by atoms with E-state index in [9.17, 15) is 9.59 Å². The van der Waals surface area contributed by atoms with Gasteiger partial charge in [-0.1, -0.05) is 6.92 Å². The van der Waals surface area contributed by atoms with Crippen LogP contribution in [0.2, 0.25) is 0 Å². The van der Waals surface area contributed by atoms with Crippen molar-refractivity contribution in [2.45, 2.75) is 19.4 Å². The Bertz CT molecular complexity index is 902. The van der Waals surface area contributed by atoms with Gasteiger partial charge >= 0.3 is 6.03 Å². The molecular formula is C17H22N8O2. The molecule has 0 aromatic carbocycles. The number of H-pyrrole nitrogens is 1. The molecule has 3 rings (SSSR count). The topological polar surface area (TPSA) is 144 Å². The standard InChI is InChI=1S/C17H22N8O2/c1-10-8-25(17(27)24(2)6-4-18)5-3-12(10)23-13-11(15(19)26)7-20-16-14(13)21-9-22-16/h7,9-10,12H,3,5-6,8H2,1-2H3,(H2,19,26)(H2,20,21,22,23)/t10-,12+/m0/s1. The maximum absolute atomic E-state index is 12.4. The number of piperidine rings is 1. The predicted molar refractivity (Wildman–Crippen MR) is 98.8 cm³/mol. The molecule has 2 atom stereocenters. The fourth-order valence-corrected chi connectivity index (χ4v) is 3.36. The number of carbonyl (C=O) groups excluding carboxylic acids is 2. The second kappa shape index (κ2) is 7.49. The summed E-state index contributed by atoms with van der Waals surface area (Å²) in [6, 6.07) is 1.87. The minimum atomic E-state index is -0.570. The van der Waals surface area contributed by atoms with Crippen LogP contribution in [0.5, 0.6) is 0 Å². The van der Waals surface area contributed by atoms with E-state index < -0.39 is 5.91 Å². The molecule has 1 aliphatic rings. The zero-order valence-electron chi connectivity index (χ0n) is 15.3. The molecule has 3 amide bonds. The number of urea groups is 1. The van der Waals surface area contributed by atoms with E-state index in [1.165, 1.54) is 17.4 Å². The number of fused-ring (bicyclic) bond motifs is 1. The Labute approximate surface area is 156 Å². The first-order valence-electron chi connectivity index (χ1n) is 8.67. The van der Waals surface area contributed by atoms with Crippen molar-refractivity contribution in [1.82, 2.24) is 24.8 Å². The number of primary amides is 1. The first-order valence-corrected chi connectivity index (χ1v) is 8.67. The van der Waals surface area contributed by atoms with E-state index in [1.54, 1.807) is 11.9 Å². The van der Waals surface area contributed by atoms with Crippen LogP contribution in [-0.4, -0.2) is 69.4 Å². The number of hydrogen-bond donors (Lipinski definition) is 3. The SMILES string of the molecule is C[C@H]1CN(C(=O)N(C)CC#N)CC[C@H]1Nc1c(C(N)=O)cnc2nc[nH]c12. The van der Waals surface area contributed by atoms with Gasteiger partial charge in [-0.2, -0.15) is 5.26 Å². The summed E-state index contributed by atoms with van der Waals surface area (Å²) in [4.78, 5) is 38.6. The molecule has 0 radical (unpaired) electrons. The number of amides is 3. The number of aromatic amines is 1. The van der Waals surface area contributed by atoms with Gasteiger partial charge in [0.05, 0.1) is 23.6 Å². The van der Waals surface area contributed by atoms with Crippen LogP contribution in [-0.2, 0) is 0 Å². The van der Waals surface area contributed by atoms with Crippen LogP contribution in [0.15, 0.2) is 12.5 Å². The average molecular weight is 370 g/mol. The Morgan fingerprint density at radius 3 is 2.96 bits per heavy atom. The molecule has 0 aliphatic carbocycles. The molecule has 27 heavy (non-hydrogen) atoms. The second-order valence-electron chi connectivity index (χ2n) is 6.77. The highest BCUT2D eigenvalue weighted by Crippen LogP contribution is 2.28. The van der Waals surface area contributed by atoms with Gasteiger partial charge in [-0.15, -0.1) is 0 Å². The highest BCUT2D eigenvalue weighted by atomic mass is 16.2. The van der Waals surface area contributed by atoms with Crippen LogP contribution in [0, 0.1) is 17.2 Å². The first kappa shape index (κ1) is 18.4. The summed E-state index contributed by atoms with van der Waals surface area (Å²) in [6.45, 7) is 3.20. The first-order chi connectivity index (χ1) is 12.9. The highest BCUT2D eigenvalue weighted by molar-refractivity contribution is 6.04. The second-order valence-corrected chi connectivity index (χ2v) is 6.77. The molecule has 3 heterocycles. The molecule has 0 unspecified atom stereocenters. The van der Waals surface area contributed by atoms with Crippen LogP contribution in [0.4, 0.5) is 10.5 Å². The van der Waals surface area contributed by atoms with Crippen molar-refractivity contribution >= 4 is 28.8 Å². The van der Waals surface area contributed by atoms with E-state index in [1.807, 2.05) is 13.0 Å². The number of rotatable bonds is 4. The summed E-state index contributed by atoms with van der Waals surface area (Å²) >= 11 is 0. The quantitative estimate of drug-likeness (QED) is 0.678. The molecule has 1 aliphatic heterocycles. The monoisotopic (exact) mass is 370 g/mol. The Hall–Kier alpha value is -3.35. The number of nitrogens with one attached hydrogen (secondary N) is 2. The van der Waals surface area contributed by atoms with Crippen molar-refractivity contribution in [3.8, 4) is 6.07 Å². The van der Waals surface area contributed by atoms with Gasteiger partial charge in [0.25, 0.3) is 5.91 Å². The van der Waals surface area contributed by atoms with Gasteiger partial charge in [0, 0.05) is 32.4 Å². The van der Waals surface area contributed by atoms with Crippen LogP contribution in [0.3, 0.4) is 0 Å². The van der Waals surface area contributed by atoms with Gasteiger partial charge in [-0.25, -0.2) is 14.8 Å². The fraction of sp³-hybridized carbons (Fsp3) is 0.471. The summed E-state index contributed by atoms with van der Waals surface area (Å²) < 4.78 is 0. The third kappa shape index (κ3) is 3.62. The molecule has 142 valence electrons. The molecule has 1 saturated heterocycles. The number of imidazole rings is 1. The molecule has 10 heteroatoms. The number of likely N-dealkylation sites (tertiary alicyclic amines) is 1. The summed E-state index contributed by atoms with van der Waals surface area (Å²) in [5.74, 6) is -0.440. The van der Waals surface area contributed by atoms with Crippen molar-refractivity contribution in [2.75, 3.05) is 32.0 Å². The van der Waals surface area contributed by atoms with Gasteiger partial charge in [-0.3, -0.25) is 4.79 Å². The minimum Gasteiger partial charge on any atom is -0.379 e. The van der Waals surface area contributed by atoms with Crippen LogP contribution in [0.1, 0.15) is 23.7 Å². The lowest BCUT2D eigenvalue weighted by Gasteiger charge is -2.39. The molecule has 0 bridgehead atoms. The minimum absolute atomic E-state index is 0.0438. The smallest absolute Gasteiger partial charge is 0.320 e. The van der Waals surface area contributed by atoms with Gasteiger partial charge < -0.3 is 25.8 Å². The van der Waals surface area contributed by atoms with Crippen LogP contribution < -0.4 is 11.1 Å². The Balaban J connectivity index is 1.77. The maximum atomic E-state index is 12.4. The normalized spacial score (nSPS) is 19.5. The largest absolute Gasteiger partial charge is 0.379 e. The molecule has 10 nitrogen and oxygen atoms in total. The number of hydrogen-bond acceptors (Lipinski definition) is 6. The van der Waals surface area contributed by atoms with Crippen molar-refractivity contribution < 1.29 is 9.59 Å². The number of anilines is 1. The van der Waals surface area contributed by atoms with Gasteiger partial charge in [0.2, 0.25) is 0 Å². The molecule has 2 aromatic heterocycles. The highest BCUT2D eigenvalue weighted by Gasteiger charge is 2.31. The number of nitrogens with two attached hydrogens (primary N) is 1. The number of carbonyl (C=O) groups is 2. The van der Waals surface area contributed by atoms with Crippen molar-refractivity contribution in [1.29, 1.82) is 5.26 Å². The van der Waals surface area contributed by atoms with Gasteiger partial charge in [0.15, 0.2) is 5.65 Å². The van der Waals surface area contributed by atoms with E-state index in [4.69, 9.17) is 11.0 Å². The van der Waals surface area contributed by atoms with E-state index in [-0.39, 0.29) is 24.5 Å². The summed E-state index contributed by atoms with van der Waals surface area (Å²) in [6.07, 6.45) is 3.64. The fourth-order valence-electron chi connectivity index (χ4n) is 3.36. The number of aromatic nitrogens is 3. The van der Waals surface area contributed by atoms with Crippen LogP contribution in [0.25, 0.3) is 11.2 Å². The van der Waals surface area contributed by atoms with Gasteiger partial charge in [-0.05, 0) is 12.3 Å². The molecule has 0 saturated carbocycles.